The number of carbonyl (C=O) groups excluding carboxylic acids is 9. The van der Waals surface area contributed by atoms with Crippen molar-refractivity contribution in [3.05, 3.63) is 35.9 Å². The van der Waals surface area contributed by atoms with Gasteiger partial charge in [0.25, 0.3) is 0 Å². The quantitative estimate of drug-likeness (QED) is 0.0358. The number of aliphatic carboxylic acids is 2. The Morgan fingerprint density at radius 3 is 1.71 bits per heavy atom. The Kier molecular flexibility index (Phi) is 24.8. The SMILES string of the molecule is CCNC(=O)[C@@H]1CSCC(=O)N[C@@H](CC(=O)O)C(=O)N[C@@H](CS)C(=O)N[C@@H](CCCN=C(N)N)C(=O)NCC(=O)N[C@@H](CC(=O)O)C(=O)N[C@@H](CS)C(=O)N[C@@H](Cc2ccccc2)C(=O)N1. The molecule has 0 radical (unpaired) electrons. The van der Waals surface area contributed by atoms with Gasteiger partial charge in [-0.05, 0) is 25.3 Å². The lowest BCUT2D eigenvalue weighted by Gasteiger charge is -2.26. The first-order chi connectivity index (χ1) is 31.3. The van der Waals surface area contributed by atoms with Crippen LogP contribution in [0.2, 0.25) is 0 Å². The number of nitrogens with zero attached hydrogens (tertiary/aromatic N) is 1. The van der Waals surface area contributed by atoms with Gasteiger partial charge in [-0.25, -0.2) is 0 Å². The van der Waals surface area contributed by atoms with E-state index in [1.807, 2.05) is 0 Å². The molecule has 25 nitrogen and oxygen atoms in total. The summed E-state index contributed by atoms with van der Waals surface area (Å²) in [6.45, 7) is 0.878. The molecule has 364 valence electrons. The van der Waals surface area contributed by atoms with E-state index in [4.69, 9.17) is 11.5 Å². The number of nitrogens with one attached hydrogen (secondary N) is 9. The number of carboxylic acid groups (broad SMARTS) is 2. The van der Waals surface area contributed by atoms with Crippen molar-refractivity contribution < 1.29 is 63.0 Å². The second kappa shape index (κ2) is 29.3. The number of amides is 9. The summed E-state index contributed by atoms with van der Waals surface area (Å²) >= 11 is 9.08. The monoisotopic (exact) mass is 984 g/mol. The lowest BCUT2D eigenvalue weighted by Crippen LogP contribution is -2.60. The van der Waals surface area contributed by atoms with Crippen LogP contribution in [0.15, 0.2) is 35.3 Å². The zero-order chi connectivity index (χ0) is 49.3. The number of carboxylic acids is 2. The minimum Gasteiger partial charge on any atom is -0.481 e. The number of guanidine groups is 1. The Morgan fingerprint density at radius 1 is 0.697 bits per heavy atom. The molecule has 1 saturated heterocycles. The van der Waals surface area contributed by atoms with Gasteiger partial charge in [-0.3, -0.25) is 57.7 Å². The third-order valence-electron chi connectivity index (χ3n) is 9.11. The van der Waals surface area contributed by atoms with Crippen molar-refractivity contribution in [2.75, 3.05) is 42.6 Å². The summed E-state index contributed by atoms with van der Waals surface area (Å²) in [6, 6.07) is -2.38. The number of rotatable bonds is 14. The van der Waals surface area contributed by atoms with E-state index in [-0.39, 0.29) is 49.8 Å². The second-order valence-electron chi connectivity index (χ2n) is 14.4. The summed E-state index contributed by atoms with van der Waals surface area (Å²) in [6.07, 6.45) is -2.11. The van der Waals surface area contributed by atoms with Crippen molar-refractivity contribution in [1.29, 1.82) is 0 Å². The van der Waals surface area contributed by atoms with Gasteiger partial charge in [0.1, 0.15) is 42.3 Å². The van der Waals surface area contributed by atoms with Crippen LogP contribution in [-0.4, -0.2) is 166 Å². The average molecular weight is 985 g/mol. The summed E-state index contributed by atoms with van der Waals surface area (Å²) in [5.74, 6) is -13.5. The number of hydrogen-bond donors (Lipinski definition) is 15. The number of likely N-dealkylation sites (N-methyl/N-ethyl adjacent to an activating group) is 1. The maximum absolute atomic E-state index is 13.9. The Bertz CT molecular complexity index is 1940. The Labute approximate surface area is 393 Å². The third kappa shape index (κ3) is 20.7. The van der Waals surface area contributed by atoms with Gasteiger partial charge in [-0.2, -0.15) is 25.3 Å². The largest absolute Gasteiger partial charge is 0.481 e. The first-order valence-electron chi connectivity index (χ1n) is 20.3. The summed E-state index contributed by atoms with van der Waals surface area (Å²) in [7, 11) is 0. The van der Waals surface area contributed by atoms with Gasteiger partial charge in [-0.15, -0.1) is 11.8 Å². The van der Waals surface area contributed by atoms with E-state index in [9.17, 15) is 63.0 Å². The Morgan fingerprint density at radius 2 is 1.20 bits per heavy atom. The number of thioether (sulfide) groups is 1. The van der Waals surface area contributed by atoms with E-state index < -0.39 is 138 Å². The molecule has 1 aliphatic heterocycles. The third-order valence-corrected chi connectivity index (χ3v) is 10.9. The number of hydrogen-bond acceptors (Lipinski definition) is 15. The predicted octanol–water partition coefficient (Wildman–Crippen LogP) is -5.52. The van der Waals surface area contributed by atoms with Crippen LogP contribution in [0, 0.1) is 0 Å². The van der Waals surface area contributed by atoms with Crippen LogP contribution >= 0.6 is 37.0 Å². The van der Waals surface area contributed by atoms with Crippen molar-refractivity contribution in [1.82, 2.24) is 47.9 Å². The average Bonchev–Trinajstić information content (AvgIpc) is 3.25. The van der Waals surface area contributed by atoms with Gasteiger partial charge in [0.05, 0.1) is 25.1 Å². The van der Waals surface area contributed by atoms with Crippen LogP contribution in [-0.2, 0) is 59.2 Å². The van der Waals surface area contributed by atoms with Crippen LogP contribution in [0.1, 0.15) is 38.2 Å². The zero-order valence-corrected chi connectivity index (χ0v) is 38.3. The standard InChI is InChI=1S/C38H56N12O13S3/c1-2-41-32(58)26-17-66-18-28(52)45-23(13-30(55)56)35(61)48-24(15-64)36(62)46-20(9-6-10-42-38(39)40)31(57)43-14-27(51)44-22(12-29(53)54)34(60)49-25(16-65)37(63)47-21(33(59)50-26)11-19-7-4-3-5-8-19/h3-5,7-8,20-26,64-65H,2,6,9-18H2,1H3,(H,41,58)(H,43,57)(H,44,51)(H,45,52)(H,46,62)(H,47,63)(H,48,61)(H,49,60)(H,50,59)(H,53,54)(H,55,56)(H4,39,40,42)/t20-,21-,22-,23-,24-,25-,26-/m0/s1. The Balaban J connectivity index is 2.59. The van der Waals surface area contributed by atoms with E-state index >= 15 is 0 Å². The van der Waals surface area contributed by atoms with Crippen molar-refractivity contribution in [3.8, 4) is 0 Å². The molecule has 0 unspecified atom stereocenters. The van der Waals surface area contributed by atoms with Crippen LogP contribution in [0.25, 0.3) is 0 Å². The van der Waals surface area contributed by atoms with E-state index in [0.717, 1.165) is 11.8 Å². The Hall–Kier alpha value is -6.29. The minimum atomic E-state index is -1.82. The lowest BCUT2D eigenvalue weighted by molar-refractivity contribution is -0.141. The highest BCUT2D eigenvalue weighted by atomic mass is 32.2. The number of thiol groups is 2. The number of carbonyl (C=O) groups is 11. The molecule has 1 fully saturated rings. The maximum atomic E-state index is 13.9. The van der Waals surface area contributed by atoms with Gasteiger partial charge < -0.3 is 69.5 Å². The van der Waals surface area contributed by atoms with Gasteiger partial charge in [0.15, 0.2) is 5.96 Å². The van der Waals surface area contributed by atoms with Crippen molar-refractivity contribution in [3.63, 3.8) is 0 Å². The lowest BCUT2D eigenvalue weighted by atomic mass is 10.0. The van der Waals surface area contributed by atoms with E-state index in [0.29, 0.717) is 5.56 Å². The molecule has 66 heavy (non-hydrogen) atoms. The molecule has 0 saturated carbocycles. The van der Waals surface area contributed by atoms with Gasteiger partial charge in [-0.1, -0.05) is 30.3 Å². The molecular formula is C38H56N12O13S3. The minimum absolute atomic E-state index is 0.00553. The molecule has 1 aliphatic rings. The zero-order valence-electron chi connectivity index (χ0n) is 35.7. The summed E-state index contributed by atoms with van der Waals surface area (Å²) in [4.78, 5) is 148. The molecule has 9 amide bonds. The molecule has 0 aromatic heterocycles. The highest BCUT2D eigenvalue weighted by molar-refractivity contribution is 8.00. The van der Waals surface area contributed by atoms with Gasteiger partial charge in [0, 0.05) is 36.8 Å². The number of aliphatic imine (C=N–C) groups is 1. The molecule has 28 heteroatoms. The number of nitrogens with two attached hydrogens (primary N) is 2. The van der Waals surface area contributed by atoms with E-state index in [2.05, 4.69) is 78.1 Å². The summed E-state index contributed by atoms with van der Waals surface area (Å²) in [5.41, 5.74) is 11.3. The maximum Gasteiger partial charge on any atom is 0.305 e. The molecule has 0 bridgehead atoms. The van der Waals surface area contributed by atoms with E-state index in [1.165, 1.54) is 0 Å². The molecular weight excluding hydrogens is 929 g/mol. The fourth-order valence-electron chi connectivity index (χ4n) is 5.87. The molecule has 0 aliphatic carbocycles. The van der Waals surface area contributed by atoms with Gasteiger partial charge >= 0.3 is 11.9 Å². The van der Waals surface area contributed by atoms with Crippen molar-refractivity contribution in [2.24, 2.45) is 16.5 Å². The molecule has 15 N–H and O–H groups in total. The smallest absolute Gasteiger partial charge is 0.305 e. The van der Waals surface area contributed by atoms with E-state index in [1.54, 1.807) is 37.3 Å². The molecule has 1 heterocycles. The predicted molar refractivity (Wildman–Crippen MR) is 245 cm³/mol. The summed E-state index contributed by atoms with van der Waals surface area (Å²) < 4.78 is 0. The van der Waals surface area contributed by atoms with Crippen LogP contribution in [0.4, 0.5) is 0 Å². The second-order valence-corrected chi connectivity index (χ2v) is 16.1. The fraction of sp³-hybridized carbons (Fsp3) is 0.526. The molecule has 7 atom stereocenters. The van der Waals surface area contributed by atoms with Crippen molar-refractivity contribution in [2.45, 2.75) is 81.3 Å². The summed E-state index contributed by atoms with van der Waals surface area (Å²) in [5, 5.41) is 40.5. The first-order valence-corrected chi connectivity index (χ1v) is 22.7. The first kappa shape index (κ1) is 55.8. The van der Waals surface area contributed by atoms with Crippen LogP contribution in [0.5, 0.6) is 0 Å². The van der Waals surface area contributed by atoms with Crippen LogP contribution < -0.4 is 59.3 Å². The molecule has 2 rings (SSSR count). The normalized spacial score (nSPS) is 23.7. The van der Waals surface area contributed by atoms with Crippen LogP contribution in [0.3, 0.4) is 0 Å². The highest BCUT2D eigenvalue weighted by Gasteiger charge is 2.34. The molecule has 1 aromatic rings. The molecule has 0 spiro atoms. The molecule has 1 aromatic carbocycles. The topological polar surface area (TPSA) is 401 Å². The number of benzene rings is 1. The highest BCUT2D eigenvalue weighted by Crippen LogP contribution is 2.09. The van der Waals surface area contributed by atoms with Gasteiger partial charge in [0.2, 0.25) is 53.2 Å². The fourth-order valence-corrected chi connectivity index (χ4v) is 7.24. The van der Waals surface area contributed by atoms with Crippen molar-refractivity contribution >= 4 is 108 Å².